The van der Waals surface area contributed by atoms with E-state index >= 15 is 0 Å². The first-order valence-electron chi connectivity index (χ1n) is 2.30. The summed E-state index contributed by atoms with van der Waals surface area (Å²) in [6.07, 6.45) is 1.50. The molecule has 0 rings (SSSR count). The molecule has 0 heterocycles. The van der Waals surface area contributed by atoms with E-state index in [1.165, 1.54) is 6.26 Å². The van der Waals surface area contributed by atoms with Crippen molar-refractivity contribution >= 4 is 0 Å². The second kappa shape index (κ2) is 2.53. The zero-order chi connectivity index (χ0) is 6.62. The summed E-state index contributed by atoms with van der Waals surface area (Å²) >= 11 is 0. The van der Waals surface area contributed by atoms with Gasteiger partial charge in [-0.1, -0.05) is 0 Å². The highest BCUT2D eigenvalue weighted by atomic mass is 16.5. The van der Waals surface area contributed by atoms with Gasteiger partial charge in [-0.25, -0.2) is 0 Å². The Morgan fingerprint density at radius 2 is 2.25 bits per heavy atom. The summed E-state index contributed by atoms with van der Waals surface area (Å²) in [7, 11) is 0. The second-order valence-corrected chi connectivity index (χ2v) is 2.11. The van der Waals surface area contributed by atoms with Crippen LogP contribution < -0.4 is 0 Å². The molecule has 0 fully saturated rings. The fourth-order valence-corrected chi connectivity index (χ4v) is 0.156. The van der Waals surface area contributed by atoms with Gasteiger partial charge in [-0.2, -0.15) is 5.26 Å². The molecular formula is C5H9NO2. The maximum absolute atomic E-state index is 8.45. The van der Waals surface area contributed by atoms with Crippen LogP contribution in [0.2, 0.25) is 0 Å². The highest BCUT2D eigenvalue weighted by Crippen LogP contribution is 2.04. The lowest BCUT2D eigenvalue weighted by atomic mass is 10.2. The first kappa shape index (κ1) is 7.25. The van der Waals surface area contributed by atoms with Gasteiger partial charge in [0, 0.05) is 0 Å². The molecule has 0 saturated carbocycles. The third kappa shape index (κ3) is 2.43. The number of ether oxygens (including phenoxy) is 1. The Balaban J connectivity index is 3.58. The number of hydrogen-bond donors (Lipinski definition) is 1. The number of aliphatic hydroxyl groups excluding tert-OH is 1. The minimum atomic E-state index is -0.714. The molecule has 0 aromatic heterocycles. The fourth-order valence-electron chi connectivity index (χ4n) is 0.156. The van der Waals surface area contributed by atoms with Gasteiger partial charge in [-0.15, -0.1) is 0 Å². The third-order valence-corrected chi connectivity index (χ3v) is 0.703. The normalized spacial score (nSPS) is 10.2. The van der Waals surface area contributed by atoms with Crippen LogP contribution in [0.1, 0.15) is 13.8 Å². The van der Waals surface area contributed by atoms with Gasteiger partial charge in [0.15, 0.2) is 0 Å². The fraction of sp³-hybridized carbons (Fsp3) is 0.800. The molecule has 0 unspecified atom stereocenters. The van der Waals surface area contributed by atoms with E-state index in [0.717, 1.165) is 0 Å². The van der Waals surface area contributed by atoms with Crippen LogP contribution in [0.3, 0.4) is 0 Å². The highest BCUT2D eigenvalue weighted by Gasteiger charge is 2.16. The van der Waals surface area contributed by atoms with Crippen molar-refractivity contribution in [3.63, 3.8) is 0 Å². The van der Waals surface area contributed by atoms with Gasteiger partial charge >= 0.3 is 0 Å². The van der Waals surface area contributed by atoms with Crippen molar-refractivity contribution in [3.8, 4) is 6.26 Å². The summed E-state index contributed by atoms with van der Waals surface area (Å²) in [4.78, 5) is 0. The number of hydrogen-bond acceptors (Lipinski definition) is 3. The molecule has 8 heavy (non-hydrogen) atoms. The maximum Gasteiger partial charge on any atom is 0.286 e. The summed E-state index contributed by atoms with van der Waals surface area (Å²) in [6, 6.07) is 0. The molecule has 0 aliphatic heterocycles. The molecule has 0 spiro atoms. The second-order valence-electron chi connectivity index (χ2n) is 2.11. The summed E-state index contributed by atoms with van der Waals surface area (Å²) in [5.41, 5.74) is -0.714. The Bertz CT molecular complexity index is 103. The van der Waals surface area contributed by atoms with E-state index in [2.05, 4.69) is 4.74 Å². The largest absolute Gasteiger partial charge is 0.419 e. The van der Waals surface area contributed by atoms with Gasteiger partial charge in [-0.05, 0) is 13.8 Å². The number of nitrogens with zero attached hydrogens (tertiary/aromatic N) is 1. The molecule has 0 bridgehead atoms. The zero-order valence-corrected chi connectivity index (χ0v) is 5.01. The Kier molecular flexibility index (Phi) is 2.29. The van der Waals surface area contributed by atoms with Crippen LogP contribution >= 0.6 is 0 Å². The van der Waals surface area contributed by atoms with E-state index in [1.807, 2.05) is 0 Å². The molecule has 0 aromatic carbocycles. The maximum atomic E-state index is 8.45. The number of nitriles is 1. The molecule has 3 nitrogen and oxygen atoms in total. The van der Waals surface area contributed by atoms with Gasteiger partial charge in [-0.3, -0.25) is 0 Å². The van der Waals surface area contributed by atoms with Crippen molar-refractivity contribution < 1.29 is 9.84 Å². The van der Waals surface area contributed by atoms with E-state index < -0.39 is 5.60 Å². The predicted molar refractivity (Wildman–Crippen MR) is 27.9 cm³/mol. The van der Waals surface area contributed by atoms with Crippen LogP contribution in [-0.4, -0.2) is 17.3 Å². The van der Waals surface area contributed by atoms with E-state index in [-0.39, 0.29) is 6.61 Å². The number of aliphatic hydroxyl groups is 1. The van der Waals surface area contributed by atoms with Gasteiger partial charge in [0.05, 0.1) is 6.61 Å². The molecule has 46 valence electrons. The van der Waals surface area contributed by atoms with Crippen molar-refractivity contribution in [1.29, 1.82) is 5.26 Å². The SMILES string of the molecule is CC(C)(CO)OC#N. The first-order valence-corrected chi connectivity index (χ1v) is 2.30. The quantitative estimate of drug-likeness (QED) is 0.525. The van der Waals surface area contributed by atoms with Crippen molar-refractivity contribution in [2.45, 2.75) is 19.4 Å². The molecule has 0 radical (unpaired) electrons. The molecule has 1 N–H and O–H groups in total. The van der Waals surface area contributed by atoms with Gasteiger partial charge in [0.1, 0.15) is 5.60 Å². The van der Waals surface area contributed by atoms with Crippen molar-refractivity contribution in [2.75, 3.05) is 6.61 Å². The summed E-state index contributed by atoms with van der Waals surface area (Å²) in [5.74, 6) is 0. The molecule has 3 heteroatoms. The molecule has 0 amide bonds. The van der Waals surface area contributed by atoms with Crippen LogP contribution in [0, 0.1) is 11.5 Å². The van der Waals surface area contributed by atoms with Crippen LogP contribution in [0.5, 0.6) is 0 Å². The predicted octanol–water partition coefficient (Wildman–Crippen LogP) is 0.255. The average molecular weight is 115 g/mol. The van der Waals surface area contributed by atoms with Crippen LogP contribution in [-0.2, 0) is 4.74 Å². The van der Waals surface area contributed by atoms with E-state index in [0.29, 0.717) is 0 Å². The zero-order valence-electron chi connectivity index (χ0n) is 5.01. The number of rotatable bonds is 2. The highest BCUT2D eigenvalue weighted by molar-refractivity contribution is 4.70. The molecule has 0 aromatic rings. The minimum absolute atomic E-state index is 0.138. The Hall–Kier alpha value is -0.750. The van der Waals surface area contributed by atoms with E-state index in [1.54, 1.807) is 13.8 Å². The van der Waals surface area contributed by atoms with Crippen LogP contribution in [0.15, 0.2) is 0 Å². The lowest BCUT2D eigenvalue weighted by molar-refractivity contribution is 0.0143. The smallest absolute Gasteiger partial charge is 0.286 e. The van der Waals surface area contributed by atoms with Gasteiger partial charge in [0.25, 0.3) is 6.26 Å². The van der Waals surface area contributed by atoms with Crippen molar-refractivity contribution in [3.05, 3.63) is 0 Å². The van der Waals surface area contributed by atoms with Gasteiger partial charge in [0.2, 0.25) is 0 Å². The topological polar surface area (TPSA) is 53.2 Å². The standard InChI is InChI=1S/C5H9NO2/c1-5(2,3-7)8-4-6/h7H,3H2,1-2H3. The minimum Gasteiger partial charge on any atom is -0.419 e. The molecule has 0 atom stereocenters. The summed E-state index contributed by atoms with van der Waals surface area (Å²) in [6.45, 7) is 3.13. The first-order chi connectivity index (χ1) is 3.62. The van der Waals surface area contributed by atoms with Crippen molar-refractivity contribution in [2.24, 2.45) is 0 Å². The molecule has 0 saturated heterocycles. The summed E-state index contributed by atoms with van der Waals surface area (Å²) < 4.78 is 4.43. The lowest BCUT2D eigenvalue weighted by Crippen LogP contribution is -2.26. The molecule has 0 aliphatic carbocycles. The third-order valence-electron chi connectivity index (χ3n) is 0.703. The monoisotopic (exact) mass is 115 g/mol. The average Bonchev–Trinajstić information content (AvgIpc) is 1.67. The Morgan fingerprint density at radius 1 is 1.75 bits per heavy atom. The lowest BCUT2D eigenvalue weighted by Gasteiger charge is -2.16. The van der Waals surface area contributed by atoms with Crippen LogP contribution in [0.4, 0.5) is 0 Å². The van der Waals surface area contributed by atoms with Crippen LogP contribution in [0.25, 0.3) is 0 Å². The van der Waals surface area contributed by atoms with Gasteiger partial charge < -0.3 is 9.84 Å². The van der Waals surface area contributed by atoms with E-state index in [4.69, 9.17) is 10.4 Å². The Labute approximate surface area is 48.5 Å². The van der Waals surface area contributed by atoms with E-state index in [9.17, 15) is 0 Å². The Morgan fingerprint density at radius 3 is 2.38 bits per heavy atom. The molecular weight excluding hydrogens is 106 g/mol. The van der Waals surface area contributed by atoms with Crippen molar-refractivity contribution in [1.82, 2.24) is 0 Å². The molecule has 0 aliphatic rings. The summed E-state index contributed by atoms with van der Waals surface area (Å²) in [5, 5.41) is 16.4.